The van der Waals surface area contributed by atoms with Gasteiger partial charge in [0.25, 0.3) is 5.91 Å². The van der Waals surface area contributed by atoms with E-state index in [1.54, 1.807) is 24.3 Å². The Bertz CT molecular complexity index is 947. The molecule has 0 unspecified atom stereocenters. The van der Waals surface area contributed by atoms with Gasteiger partial charge < -0.3 is 14.8 Å². The Balaban J connectivity index is 1.57. The first-order valence-corrected chi connectivity index (χ1v) is 10.5. The van der Waals surface area contributed by atoms with Gasteiger partial charge in [0.15, 0.2) is 0 Å². The fourth-order valence-corrected chi connectivity index (χ4v) is 3.80. The van der Waals surface area contributed by atoms with E-state index < -0.39 is 0 Å². The minimum absolute atomic E-state index is 0.215. The van der Waals surface area contributed by atoms with Crippen molar-refractivity contribution < 1.29 is 14.3 Å². The summed E-state index contributed by atoms with van der Waals surface area (Å²) >= 11 is 18.3. The minimum Gasteiger partial charge on any atom is -0.493 e. The van der Waals surface area contributed by atoms with E-state index in [2.05, 4.69) is 5.32 Å². The van der Waals surface area contributed by atoms with Crippen LogP contribution in [0.2, 0.25) is 10.0 Å². The van der Waals surface area contributed by atoms with Crippen LogP contribution in [0, 0.1) is 6.92 Å². The number of thioether (sulfide) groups is 1. The predicted octanol–water partition coefficient (Wildman–Crippen LogP) is 5.64. The second kappa shape index (κ2) is 9.65. The summed E-state index contributed by atoms with van der Waals surface area (Å²) < 4.78 is 12.0. The summed E-state index contributed by atoms with van der Waals surface area (Å²) in [6.07, 6.45) is 2.42. The lowest BCUT2D eigenvalue weighted by Crippen LogP contribution is -2.17. The van der Waals surface area contributed by atoms with Crippen molar-refractivity contribution in [3.63, 3.8) is 0 Å². The minimum atomic E-state index is -0.215. The number of rotatable bonds is 7. The van der Waals surface area contributed by atoms with Gasteiger partial charge in [0.1, 0.15) is 15.8 Å². The van der Waals surface area contributed by atoms with Crippen LogP contribution < -0.4 is 14.8 Å². The van der Waals surface area contributed by atoms with E-state index in [9.17, 15) is 4.79 Å². The van der Waals surface area contributed by atoms with Crippen molar-refractivity contribution in [1.82, 2.24) is 5.32 Å². The molecule has 0 radical (unpaired) electrons. The average molecular weight is 454 g/mol. The van der Waals surface area contributed by atoms with Gasteiger partial charge in [-0.15, -0.1) is 0 Å². The molecule has 0 aliphatic carbocycles. The molecule has 146 valence electrons. The van der Waals surface area contributed by atoms with E-state index in [1.165, 1.54) is 11.8 Å². The number of amides is 1. The van der Waals surface area contributed by atoms with Gasteiger partial charge in [-0.05, 0) is 55.0 Å². The number of aryl methyl sites for hydroxylation is 1. The molecule has 0 bridgehead atoms. The normalized spacial score (nSPS) is 15.0. The first-order valence-electron chi connectivity index (χ1n) is 8.48. The number of thiocarbonyl (C=S) groups is 1. The fraction of sp³-hybridized carbons (Fsp3) is 0.200. The molecule has 8 heteroatoms. The zero-order valence-electron chi connectivity index (χ0n) is 15.0. The van der Waals surface area contributed by atoms with Gasteiger partial charge >= 0.3 is 0 Å². The molecule has 0 spiro atoms. The number of nitrogens with one attached hydrogen (secondary N) is 1. The van der Waals surface area contributed by atoms with Crippen molar-refractivity contribution >= 4 is 63.5 Å². The van der Waals surface area contributed by atoms with Crippen LogP contribution in [0.25, 0.3) is 6.08 Å². The van der Waals surface area contributed by atoms with Crippen LogP contribution in [0.4, 0.5) is 0 Å². The van der Waals surface area contributed by atoms with Crippen LogP contribution in [0.5, 0.6) is 11.5 Å². The summed E-state index contributed by atoms with van der Waals surface area (Å²) in [5.74, 6) is 1.21. The Morgan fingerprint density at radius 2 is 1.93 bits per heavy atom. The highest BCUT2D eigenvalue weighted by Crippen LogP contribution is 2.31. The van der Waals surface area contributed by atoms with Crippen molar-refractivity contribution in [2.75, 3.05) is 13.2 Å². The van der Waals surface area contributed by atoms with E-state index in [0.717, 1.165) is 21.9 Å². The molecule has 1 amide bonds. The zero-order chi connectivity index (χ0) is 20.1. The smallest absolute Gasteiger partial charge is 0.263 e. The number of halogens is 2. The molecule has 1 fully saturated rings. The number of hydrogen-bond donors (Lipinski definition) is 1. The molecule has 2 aromatic rings. The molecule has 28 heavy (non-hydrogen) atoms. The summed E-state index contributed by atoms with van der Waals surface area (Å²) in [4.78, 5) is 12.4. The van der Waals surface area contributed by atoms with Crippen molar-refractivity contribution in [2.24, 2.45) is 0 Å². The molecule has 0 atom stereocenters. The molecule has 0 saturated carbocycles. The first-order chi connectivity index (χ1) is 13.4. The summed E-state index contributed by atoms with van der Waals surface area (Å²) in [5, 5.41) is 3.87. The second-order valence-electron chi connectivity index (χ2n) is 6.00. The lowest BCUT2D eigenvalue weighted by molar-refractivity contribution is -0.115. The summed E-state index contributed by atoms with van der Waals surface area (Å²) in [7, 11) is 0. The Hall–Kier alpha value is -1.73. The zero-order valence-corrected chi connectivity index (χ0v) is 18.1. The molecule has 3 rings (SSSR count). The molecule has 1 N–H and O–H groups in total. The number of carbonyl (C=O) groups is 1. The lowest BCUT2D eigenvalue weighted by Gasteiger charge is -2.11. The van der Waals surface area contributed by atoms with E-state index in [-0.39, 0.29) is 5.91 Å². The molecule has 1 aliphatic rings. The van der Waals surface area contributed by atoms with Gasteiger partial charge in [-0.3, -0.25) is 4.79 Å². The lowest BCUT2D eigenvalue weighted by atomic mass is 10.2. The Kier molecular flexibility index (Phi) is 7.24. The van der Waals surface area contributed by atoms with E-state index in [1.807, 2.05) is 25.1 Å². The molecular formula is C20H17Cl2NO3S2. The summed E-state index contributed by atoms with van der Waals surface area (Å²) in [6, 6.07) is 10.9. The number of hydrogen-bond acceptors (Lipinski definition) is 5. The SMILES string of the molecule is Cc1cc(OCCCOc2ccc(Cl)cc2C=C2SC(=S)NC2=O)ccc1Cl. The van der Waals surface area contributed by atoms with Gasteiger partial charge in [0.2, 0.25) is 0 Å². The topological polar surface area (TPSA) is 47.6 Å². The third kappa shape index (κ3) is 5.64. The first kappa shape index (κ1) is 21.0. The van der Waals surface area contributed by atoms with E-state index in [4.69, 9.17) is 44.9 Å². The van der Waals surface area contributed by atoms with Gasteiger partial charge in [-0.1, -0.05) is 47.2 Å². The monoisotopic (exact) mass is 453 g/mol. The van der Waals surface area contributed by atoms with Gasteiger partial charge in [-0.2, -0.15) is 0 Å². The Morgan fingerprint density at radius 3 is 2.64 bits per heavy atom. The van der Waals surface area contributed by atoms with E-state index in [0.29, 0.717) is 39.6 Å². The van der Waals surface area contributed by atoms with Gasteiger partial charge in [-0.25, -0.2) is 0 Å². The van der Waals surface area contributed by atoms with Crippen molar-refractivity contribution in [1.29, 1.82) is 0 Å². The summed E-state index contributed by atoms with van der Waals surface area (Å²) in [5.41, 5.74) is 1.70. The molecule has 1 heterocycles. The Morgan fingerprint density at radius 1 is 1.14 bits per heavy atom. The maximum Gasteiger partial charge on any atom is 0.263 e. The van der Waals surface area contributed by atoms with Gasteiger partial charge in [0, 0.05) is 22.0 Å². The van der Waals surface area contributed by atoms with Crippen LogP contribution in [-0.2, 0) is 4.79 Å². The van der Waals surface area contributed by atoms with Crippen LogP contribution in [0.1, 0.15) is 17.5 Å². The van der Waals surface area contributed by atoms with Crippen molar-refractivity contribution in [3.8, 4) is 11.5 Å². The highest BCUT2D eigenvalue weighted by atomic mass is 35.5. The molecule has 1 aliphatic heterocycles. The van der Waals surface area contributed by atoms with Gasteiger partial charge in [0.05, 0.1) is 18.1 Å². The third-order valence-corrected chi connectivity index (χ3v) is 5.67. The molecular weight excluding hydrogens is 437 g/mol. The van der Waals surface area contributed by atoms with Crippen LogP contribution in [0.3, 0.4) is 0 Å². The van der Waals surface area contributed by atoms with Crippen LogP contribution in [-0.4, -0.2) is 23.4 Å². The second-order valence-corrected chi connectivity index (χ2v) is 8.56. The molecule has 1 saturated heterocycles. The highest BCUT2D eigenvalue weighted by Gasteiger charge is 2.22. The highest BCUT2D eigenvalue weighted by molar-refractivity contribution is 8.26. The molecule has 4 nitrogen and oxygen atoms in total. The summed E-state index contributed by atoms with van der Waals surface area (Å²) in [6.45, 7) is 2.91. The van der Waals surface area contributed by atoms with Crippen molar-refractivity contribution in [3.05, 3.63) is 62.5 Å². The molecule has 0 aromatic heterocycles. The maximum atomic E-state index is 11.9. The molecule has 2 aromatic carbocycles. The van der Waals surface area contributed by atoms with Crippen LogP contribution in [0.15, 0.2) is 41.3 Å². The average Bonchev–Trinajstić information content (AvgIpc) is 2.96. The number of ether oxygens (including phenoxy) is 2. The van der Waals surface area contributed by atoms with E-state index >= 15 is 0 Å². The van der Waals surface area contributed by atoms with Crippen molar-refractivity contribution in [2.45, 2.75) is 13.3 Å². The standard InChI is InChI=1S/C20H17Cl2NO3S2/c1-12-9-15(4-5-16(12)22)25-7-2-8-26-17-6-3-14(21)10-13(17)11-18-19(24)23-20(27)28-18/h3-6,9-11H,2,7-8H2,1H3,(H,23,24,27). The Labute approximate surface area is 183 Å². The largest absolute Gasteiger partial charge is 0.493 e. The number of benzene rings is 2. The quantitative estimate of drug-likeness (QED) is 0.333. The van der Waals surface area contributed by atoms with Crippen LogP contribution >= 0.6 is 47.2 Å². The fourth-order valence-electron chi connectivity index (χ4n) is 2.46. The third-order valence-electron chi connectivity index (χ3n) is 3.84. The number of carbonyl (C=O) groups excluding carboxylic acids is 1. The predicted molar refractivity (Wildman–Crippen MR) is 120 cm³/mol. The maximum absolute atomic E-state index is 11.9.